The molecule has 0 spiro atoms. The van der Waals surface area contributed by atoms with Crippen LogP contribution in [0, 0.1) is 0 Å². The second-order valence-corrected chi connectivity index (χ2v) is 19.8. The van der Waals surface area contributed by atoms with Crippen molar-refractivity contribution in [1.29, 1.82) is 0 Å². The van der Waals surface area contributed by atoms with E-state index in [2.05, 4.69) is 148 Å². The molecule has 0 radical (unpaired) electrons. The van der Waals surface area contributed by atoms with Crippen molar-refractivity contribution in [3.8, 4) is 0 Å². The molecule has 0 aromatic carbocycles. The Morgan fingerprint density at radius 3 is 1.15 bits per heavy atom. The maximum atomic E-state index is 12.8. The number of esters is 2. The van der Waals surface area contributed by atoms with Gasteiger partial charge in [-0.15, -0.1) is 0 Å². The van der Waals surface area contributed by atoms with Crippen molar-refractivity contribution in [2.45, 2.75) is 212 Å². The van der Waals surface area contributed by atoms with E-state index in [-0.39, 0.29) is 38.6 Å². The highest BCUT2D eigenvalue weighted by molar-refractivity contribution is 5.70. The Kier molecular flexibility index (Phi) is 51.3. The van der Waals surface area contributed by atoms with Crippen molar-refractivity contribution in [3.63, 3.8) is 0 Å². The van der Waals surface area contributed by atoms with E-state index < -0.39 is 24.3 Å². The van der Waals surface area contributed by atoms with Crippen LogP contribution in [-0.2, 0) is 33.3 Å². The zero-order valence-corrected chi connectivity index (χ0v) is 47.4. The lowest BCUT2D eigenvalue weighted by Crippen LogP contribution is -2.44. The summed E-state index contributed by atoms with van der Waals surface area (Å²) in [5.74, 6) is -2.33. The molecule has 9 nitrogen and oxygen atoms in total. The van der Waals surface area contributed by atoms with Crippen LogP contribution in [-0.4, -0.2) is 82.3 Å². The molecule has 0 aliphatic rings. The number of carbonyl (C=O) groups is 3. The summed E-state index contributed by atoms with van der Waals surface area (Å²) in [4.78, 5) is 37.2. The van der Waals surface area contributed by atoms with Crippen LogP contribution < -0.4 is 5.11 Å². The monoisotopic (exact) mass is 1030 g/mol. The van der Waals surface area contributed by atoms with Crippen LogP contribution >= 0.6 is 0 Å². The number of likely N-dealkylation sites (N-methyl/N-ethyl adjacent to an activating group) is 1. The van der Waals surface area contributed by atoms with E-state index in [4.69, 9.17) is 18.9 Å². The van der Waals surface area contributed by atoms with Crippen molar-refractivity contribution in [3.05, 3.63) is 134 Å². The second kappa shape index (κ2) is 54.7. The van der Waals surface area contributed by atoms with Crippen molar-refractivity contribution in [1.82, 2.24) is 0 Å². The van der Waals surface area contributed by atoms with Crippen molar-refractivity contribution < 1.29 is 42.9 Å². The highest BCUT2D eigenvalue weighted by Crippen LogP contribution is 2.13. The summed E-state index contributed by atoms with van der Waals surface area (Å²) in [6.45, 7) is 4.53. The molecule has 0 saturated heterocycles. The van der Waals surface area contributed by atoms with E-state index in [9.17, 15) is 19.5 Å². The van der Waals surface area contributed by atoms with Crippen LogP contribution in [0.5, 0.6) is 0 Å². The van der Waals surface area contributed by atoms with E-state index in [0.29, 0.717) is 23.9 Å². The van der Waals surface area contributed by atoms with Gasteiger partial charge in [0.05, 0.1) is 40.3 Å². The summed E-state index contributed by atoms with van der Waals surface area (Å²) in [6, 6.07) is 0. The summed E-state index contributed by atoms with van der Waals surface area (Å²) in [7, 11) is 5.90. The first kappa shape index (κ1) is 69.4. The molecule has 0 N–H and O–H groups in total. The van der Waals surface area contributed by atoms with Crippen LogP contribution in [0.4, 0.5) is 0 Å². The van der Waals surface area contributed by atoms with Crippen molar-refractivity contribution in [2.24, 2.45) is 0 Å². The minimum absolute atomic E-state index is 0.136. The average Bonchev–Trinajstić information content (AvgIpc) is 3.37. The van der Waals surface area contributed by atoms with Gasteiger partial charge in [-0.1, -0.05) is 212 Å². The summed E-state index contributed by atoms with van der Waals surface area (Å²) in [5, 5.41) is 11.8. The van der Waals surface area contributed by atoms with Gasteiger partial charge in [0.2, 0.25) is 0 Å². The Labute approximate surface area is 452 Å². The minimum Gasteiger partial charge on any atom is -0.545 e. The first-order chi connectivity index (χ1) is 36.1. The molecule has 74 heavy (non-hydrogen) atoms. The van der Waals surface area contributed by atoms with Crippen LogP contribution in [0.15, 0.2) is 134 Å². The Hall–Kier alpha value is -4.57. The predicted molar refractivity (Wildman–Crippen MR) is 310 cm³/mol. The number of hydrogen-bond donors (Lipinski definition) is 0. The normalized spacial score (nSPS) is 13.8. The molecule has 418 valence electrons. The average molecular weight is 1030 g/mol. The third-order valence-corrected chi connectivity index (χ3v) is 11.6. The van der Waals surface area contributed by atoms with Gasteiger partial charge in [-0.05, 0) is 109 Å². The number of aliphatic carboxylic acids is 1. The molecule has 0 aliphatic carbocycles. The van der Waals surface area contributed by atoms with Crippen LogP contribution in [0.3, 0.4) is 0 Å². The zero-order valence-electron chi connectivity index (χ0n) is 47.4. The molecule has 0 aromatic heterocycles. The number of nitrogens with zero attached hydrogens (tertiary/aromatic N) is 1. The molecule has 0 fully saturated rings. The van der Waals surface area contributed by atoms with Crippen LogP contribution in [0.2, 0.25) is 0 Å². The van der Waals surface area contributed by atoms with Gasteiger partial charge in [0, 0.05) is 12.8 Å². The van der Waals surface area contributed by atoms with E-state index in [0.717, 1.165) is 128 Å². The molecule has 0 saturated carbocycles. The molecule has 2 unspecified atom stereocenters. The number of ether oxygens (including phenoxy) is 4. The number of carbonyl (C=O) groups excluding carboxylic acids is 3. The third kappa shape index (κ3) is 55.2. The number of hydrogen-bond acceptors (Lipinski definition) is 8. The predicted octanol–water partition coefficient (Wildman–Crippen LogP) is 15.7. The van der Waals surface area contributed by atoms with Gasteiger partial charge in [0.1, 0.15) is 13.2 Å². The lowest BCUT2D eigenvalue weighted by molar-refractivity contribution is -0.870. The Balaban J connectivity index is 4.26. The molecule has 0 bridgehead atoms. The van der Waals surface area contributed by atoms with Gasteiger partial charge in [-0.2, -0.15) is 0 Å². The Bertz CT molecular complexity index is 1670. The molecular weight excluding hydrogens is 923 g/mol. The molecule has 0 aliphatic heterocycles. The van der Waals surface area contributed by atoms with Gasteiger partial charge in [0.15, 0.2) is 12.4 Å². The van der Waals surface area contributed by atoms with Gasteiger partial charge in [0.25, 0.3) is 0 Å². The second-order valence-electron chi connectivity index (χ2n) is 19.8. The molecular formula is C65H105NO8. The van der Waals surface area contributed by atoms with Crippen LogP contribution in [0.1, 0.15) is 200 Å². The maximum Gasteiger partial charge on any atom is 0.306 e. The number of unbranched alkanes of at least 4 members (excludes halogenated alkanes) is 14. The first-order valence-corrected chi connectivity index (χ1v) is 28.8. The smallest absolute Gasteiger partial charge is 0.306 e. The van der Waals surface area contributed by atoms with Crippen molar-refractivity contribution in [2.75, 3.05) is 47.5 Å². The summed E-state index contributed by atoms with van der Waals surface area (Å²) < 4.78 is 22.6. The van der Waals surface area contributed by atoms with Gasteiger partial charge in [-0.3, -0.25) is 9.59 Å². The summed E-state index contributed by atoms with van der Waals surface area (Å²) in [6.07, 6.45) is 75.0. The highest BCUT2D eigenvalue weighted by Gasteiger charge is 2.22. The third-order valence-electron chi connectivity index (χ3n) is 11.6. The standard InChI is InChI=1S/C65H105NO8/c1-6-8-10-12-14-16-18-20-22-23-24-25-26-27-28-29-30-31-32-33-34-35-36-37-38-39-40-41-42-44-46-48-50-52-54-56-63(68)74-61(60-73-65(64(69)70)71-58-57-66(3,4)5)59-72-62(67)55-53-51-49-47-45-43-21-19-17-15-13-11-9-7-2/h8,10,13-16,19-22,24-25,27-28,30-31,33-34,36-37,39-40,61,65H,6-7,9,11-12,17-18,23,26,29,32,35,38,41-60H2,1-5H3/b10-8-,15-13-,16-14-,21-19-,22-20-,25-24-,28-27-,31-30-,34-33-,37-36-,40-39-. The molecule has 0 amide bonds. The highest BCUT2D eigenvalue weighted by atomic mass is 16.7. The lowest BCUT2D eigenvalue weighted by atomic mass is 10.1. The van der Waals surface area contributed by atoms with E-state index >= 15 is 0 Å². The van der Waals surface area contributed by atoms with Gasteiger partial charge in [-0.25, -0.2) is 0 Å². The topological polar surface area (TPSA) is 111 Å². The number of carboxylic acids is 1. The van der Waals surface area contributed by atoms with E-state index in [1.54, 1.807) is 0 Å². The SMILES string of the molecule is CC/C=C\C/C=C\C/C=C\C/C=C\C/C=C\C/C=C\C/C=C\C/C=C\C/C=C\CCCCCCCCCC(=O)OC(COC(=O)CCCCCCC/C=C\C/C=C\CCCC)COC(OCC[N+](C)(C)C)C(=O)[O-]. The molecule has 9 heteroatoms. The van der Waals surface area contributed by atoms with Crippen LogP contribution in [0.25, 0.3) is 0 Å². The summed E-state index contributed by atoms with van der Waals surface area (Å²) >= 11 is 0. The quantitative estimate of drug-likeness (QED) is 0.0195. The fraction of sp³-hybridized carbons (Fsp3) is 0.615. The first-order valence-electron chi connectivity index (χ1n) is 28.8. The number of allylic oxidation sites excluding steroid dienone is 22. The molecule has 0 rings (SSSR count). The number of carboxylic acid groups (broad SMARTS) is 1. The maximum absolute atomic E-state index is 12.8. The number of quaternary nitrogens is 1. The van der Waals surface area contributed by atoms with Gasteiger partial charge >= 0.3 is 11.9 Å². The zero-order chi connectivity index (χ0) is 54.1. The molecule has 0 aromatic rings. The lowest BCUT2D eigenvalue weighted by Gasteiger charge is -2.26. The fourth-order valence-electron chi connectivity index (χ4n) is 7.19. The number of rotatable bonds is 51. The molecule has 0 heterocycles. The largest absolute Gasteiger partial charge is 0.545 e. The van der Waals surface area contributed by atoms with E-state index in [1.807, 2.05) is 21.1 Å². The Morgan fingerprint density at radius 1 is 0.419 bits per heavy atom. The fourth-order valence-corrected chi connectivity index (χ4v) is 7.19. The van der Waals surface area contributed by atoms with E-state index in [1.165, 1.54) is 32.1 Å². The van der Waals surface area contributed by atoms with Crippen molar-refractivity contribution >= 4 is 17.9 Å². The Morgan fingerprint density at radius 2 is 0.770 bits per heavy atom. The molecule has 2 atom stereocenters. The summed E-state index contributed by atoms with van der Waals surface area (Å²) in [5.41, 5.74) is 0. The van der Waals surface area contributed by atoms with Gasteiger partial charge < -0.3 is 33.3 Å². The minimum atomic E-state index is -1.64.